The fourth-order valence-corrected chi connectivity index (χ4v) is 9.80. The first kappa shape index (κ1) is 37.7. The van der Waals surface area contributed by atoms with Crippen molar-refractivity contribution >= 4 is 11.2 Å². The molecule has 1 aromatic rings. The van der Waals surface area contributed by atoms with Crippen molar-refractivity contribution in [3.63, 3.8) is 0 Å². The summed E-state index contributed by atoms with van der Waals surface area (Å²) in [6, 6.07) is 6.29. The number of ether oxygens (including phenoxy) is 1. The number of fused-ring (bicyclic) bond motifs is 5. The van der Waals surface area contributed by atoms with E-state index in [9.17, 15) is 36.7 Å². The van der Waals surface area contributed by atoms with Gasteiger partial charge in [-0.1, -0.05) is 56.3 Å². The van der Waals surface area contributed by atoms with E-state index in [4.69, 9.17) is 9.84 Å². The summed E-state index contributed by atoms with van der Waals surface area (Å²) in [6.45, 7) is 2.00. The SMILES string of the molecule is C[C@]12CC[C@@H]3c4ccc(OCC(O)CO)cc4C[C@@H](CCCCCCCCC[S+]([O-])CCCC(F)(F)C(F)(F)F)[C@H]3[C@@H]1CC[C@@H]2O. The van der Waals surface area contributed by atoms with Crippen LogP contribution in [0.5, 0.6) is 5.75 Å². The van der Waals surface area contributed by atoms with E-state index in [2.05, 4.69) is 19.1 Å². The number of hydrogen-bond acceptors (Lipinski definition) is 5. The van der Waals surface area contributed by atoms with Crippen molar-refractivity contribution in [2.75, 3.05) is 24.7 Å². The van der Waals surface area contributed by atoms with Crippen molar-refractivity contribution in [1.29, 1.82) is 0 Å². The third kappa shape index (κ3) is 9.30. The normalized spacial score (nSPS) is 29.1. The van der Waals surface area contributed by atoms with Crippen LogP contribution < -0.4 is 4.74 Å². The molecular weight excluding hydrogens is 627 g/mol. The molecule has 0 radical (unpaired) electrons. The van der Waals surface area contributed by atoms with E-state index in [0.717, 1.165) is 77.0 Å². The summed E-state index contributed by atoms with van der Waals surface area (Å²) in [4.78, 5) is 0. The second kappa shape index (κ2) is 16.5. The van der Waals surface area contributed by atoms with Crippen molar-refractivity contribution in [3.05, 3.63) is 29.3 Å². The van der Waals surface area contributed by atoms with Crippen LogP contribution >= 0.6 is 0 Å². The van der Waals surface area contributed by atoms with Gasteiger partial charge in [0.1, 0.15) is 30.0 Å². The highest BCUT2D eigenvalue weighted by atomic mass is 32.2. The van der Waals surface area contributed by atoms with Crippen LogP contribution in [-0.4, -0.2) is 68.9 Å². The fraction of sp³-hybridized carbons (Fsp3) is 0.829. The molecule has 3 aliphatic rings. The molecule has 3 N–H and O–H groups in total. The number of hydrogen-bond donors (Lipinski definition) is 3. The summed E-state index contributed by atoms with van der Waals surface area (Å²) >= 11 is -1.37. The van der Waals surface area contributed by atoms with Gasteiger partial charge >= 0.3 is 12.1 Å². The Hall–Kier alpha value is -1.14. The number of unbranched alkanes of at least 4 members (excludes halogenated alkanes) is 6. The van der Waals surface area contributed by atoms with E-state index >= 15 is 0 Å². The summed E-state index contributed by atoms with van der Waals surface area (Å²) in [7, 11) is 0. The number of alkyl halides is 5. The summed E-state index contributed by atoms with van der Waals surface area (Å²) in [5, 5.41) is 29.8. The minimum Gasteiger partial charge on any atom is -0.616 e. The Morgan fingerprint density at radius 3 is 2.35 bits per heavy atom. The van der Waals surface area contributed by atoms with Crippen LogP contribution in [0.2, 0.25) is 0 Å². The maximum atomic E-state index is 13.0. The number of aliphatic hydroxyl groups is 3. The number of aliphatic hydroxyl groups excluding tert-OH is 3. The first-order valence-electron chi connectivity index (χ1n) is 17.3. The molecule has 0 aliphatic heterocycles. The van der Waals surface area contributed by atoms with Crippen molar-refractivity contribution in [3.8, 4) is 5.75 Å². The molecule has 4 rings (SSSR count). The molecule has 2 unspecified atom stereocenters. The predicted octanol–water partition coefficient (Wildman–Crippen LogP) is 7.71. The Kier molecular flexibility index (Phi) is 13.5. The molecule has 0 heterocycles. The van der Waals surface area contributed by atoms with E-state index in [1.54, 1.807) is 0 Å². The summed E-state index contributed by atoms with van der Waals surface area (Å²) in [5.74, 6) is -1.73. The Balaban J connectivity index is 1.21. The summed E-state index contributed by atoms with van der Waals surface area (Å²) < 4.78 is 80.6. The lowest BCUT2D eigenvalue weighted by Gasteiger charge is -2.53. The zero-order valence-corrected chi connectivity index (χ0v) is 27.9. The van der Waals surface area contributed by atoms with Crippen LogP contribution in [-0.2, 0) is 17.6 Å². The topological polar surface area (TPSA) is 93.0 Å². The average Bonchev–Trinajstić information content (AvgIpc) is 3.31. The zero-order valence-electron chi connectivity index (χ0n) is 27.1. The van der Waals surface area contributed by atoms with E-state index in [-0.39, 0.29) is 30.5 Å². The van der Waals surface area contributed by atoms with Crippen molar-refractivity contribution in [2.45, 2.75) is 133 Å². The van der Waals surface area contributed by atoms with Gasteiger partial charge in [0.2, 0.25) is 0 Å². The minimum absolute atomic E-state index is 0.0157. The lowest BCUT2D eigenvalue weighted by Crippen LogP contribution is -2.47. The van der Waals surface area contributed by atoms with Crippen LogP contribution in [0.1, 0.15) is 114 Å². The van der Waals surface area contributed by atoms with E-state index in [1.807, 2.05) is 6.07 Å². The standard InChI is InChI=1S/C35H53F5O5S/c1-33-17-15-29-28-12-11-27(45-23-26(42)22-41)21-25(28)20-24(32(29)30(33)13-14-31(33)43)10-7-5-3-2-4-6-8-18-46(44)19-9-16-34(36,37)35(38,39)40/h11-12,21,24,26,29-32,41-43H,2-10,13-20,22-23H2,1H3/t24-,26?,29-,30+,31+,32-,33+,46?/m1/s1. The summed E-state index contributed by atoms with van der Waals surface area (Å²) in [6.07, 6.45) is 4.69. The molecule has 3 aliphatic carbocycles. The quantitative estimate of drug-likeness (QED) is 0.0840. The molecule has 0 amide bonds. The third-order valence-corrected chi connectivity index (χ3v) is 12.7. The Morgan fingerprint density at radius 1 is 0.978 bits per heavy atom. The third-order valence-electron chi connectivity index (χ3n) is 11.2. The maximum absolute atomic E-state index is 13.0. The first-order chi connectivity index (χ1) is 21.8. The van der Waals surface area contributed by atoms with Crippen molar-refractivity contribution < 1.29 is 46.6 Å². The second-order valence-electron chi connectivity index (χ2n) is 14.3. The van der Waals surface area contributed by atoms with Gasteiger partial charge in [0.05, 0.1) is 12.7 Å². The van der Waals surface area contributed by atoms with E-state index in [0.29, 0.717) is 41.6 Å². The van der Waals surface area contributed by atoms with Crippen LogP contribution in [0.3, 0.4) is 0 Å². The molecule has 0 spiro atoms. The minimum atomic E-state index is -5.55. The Bertz CT molecular complexity index is 1090. The molecule has 264 valence electrons. The van der Waals surface area contributed by atoms with Gasteiger partial charge in [-0.05, 0) is 110 Å². The van der Waals surface area contributed by atoms with E-state index < -0.39 is 42.2 Å². The molecule has 2 saturated carbocycles. The van der Waals surface area contributed by atoms with Crippen LogP contribution in [0, 0.1) is 23.2 Å². The molecule has 1 aromatic carbocycles. The molecular formula is C35H53F5O5S. The largest absolute Gasteiger partial charge is 0.616 e. The van der Waals surface area contributed by atoms with Gasteiger partial charge in [0.15, 0.2) is 0 Å². The molecule has 8 atom stereocenters. The molecule has 2 fully saturated rings. The van der Waals surface area contributed by atoms with Gasteiger partial charge < -0.3 is 24.6 Å². The van der Waals surface area contributed by atoms with Crippen molar-refractivity contribution in [1.82, 2.24) is 0 Å². The van der Waals surface area contributed by atoms with Crippen LogP contribution in [0.15, 0.2) is 18.2 Å². The molecule has 0 saturated heterocycles. The lowest BCUT2D eigenvalue weighted by atomic mass is 9.52. The molecule has 46 heavy (non-hydrogen) atoms. The Morgan fingerprint density at radius 2 is 1.65 bits per heavy atom. The lowest BCUT2D eigenvalue weighted by molar-refractivity contribution is -0.284. The second-order valence-corrected chi connectivity index (χ2v) is 16.0. The first-order valence-corrected chi connectivity index (χ1v) is 18.8. The fourth-order valence-electron chi connectivity index (χ4n) is 8.61. The van der Waals surface area contributed by atoms with E-state index in [1.165, 1.54) is 11.1 Å². The zero-order chi connectivity index (χ0) is 33.5. The van der Waals surface area contributed by atoms with Gasteiger partial charge in [0.25, 0.3) is 0 Å². The Labute approximate surface area is 273 Å². The molecule has 11 heteroatoms. The van der Waals surface area contributed by atoms with Crippen LogP contribution in [0.25, 0.3) is 0 Å². The monoisotopic (exact) mass is 680 g/mol. The smallest absolute Gasteiger partial charge is 0.453 e. The van der Waals surface area contributed by atoms with Gasteiger partial charge in [-0.2, -0.15) is 22.0 Å². The molecule has 5 nitrogen and oxygen atoms in total. The molecule has 0 aromatic heterocycles. The maximum Gasteiger partial charge on any atom is 0.453 e. The molecule has 0 bridgehead atoms. The van der Waals surface area contributed by atoms with Crippen LogP contribution in [0.4, 0.5) is 22.0 Å². The number of halogens is 5. The predicted molar refractivity (Wildman–Crippen MR) is 170 cm³/mol. The number of benzene rings is 1. The average molecular weight is 681 g/mol. The highest BCUT2D eigenvalue weighted by Crippen LogP contribution is 2.62. The van der Waals surface area contributed by atoms with Gasteiger partial charge in [-0.25, -0.2) is 0 Å². The van der Waals surface area contributed by atoms with Gasteiger partial charge in [-0.15, -0.1) is 0 Å². The highest BCUT2D eigenvalue weighted by Gasteiger charge is 2.57. The van der Waals surface area contributed by atoms with Gasteiger partial charge in [-0.3, -0.25) is 0 Å². The van der Waals surface area contributed by atoms with Crippen molar-refractivity contribution in [2.24, 2.45) is 23.2 Å². The summed E-state index contributed by atoms with van der Waals surface area (Å²) in [5.41, 5.74) is 2.70. The highest BCUT2D eigenvalue weighted by molar-refractivity contribution is 7.91. The number of rotatable bonds is 18. The van der Waals surface area contributed by atoms with Gasteiger partial charge in [0, 0.05) is 6.42 Å².